The topological polar surface area (TPSA) is 78.9 Å². The standard InChI is InChI=1S/C46H70O6/c1-4-7-10-13-16-18-20-22-23-25-26-28-30-33-36-39-45(48)51-42-43(41-50-44(47)38-35-32-15-12-9-6-3)52-46(49)40-37-34-31-29-27-24-21-19-17-14-11-8-5-2/h7-8,10-11,16-19,22-24,26-28,31,33-34,36,43H,4-6,9,12-15,20-21,25,29-30,32,35,37-42H2,1-3H3/b10-7-,11-8-,18-16-,19-17-,23-22-,27-24-,28-26-,34-31-,36-33-. The van der Waals surface area contributed by atoms with Crippen LogP contribution in [-0.4, -0.2) is 37.2 Å². The van der Waals surface area contributed by atoms with Gasteiger partial charge in [-0.25, -0.2) is 0 Å². The fourth-order valence-electron chi connectivity index (χ4n) is 4.64. The SMILES string of the molecule is CC/C=C\C/C=C\C/C=C\C/C=C\C/C=C\CC(=O)OCC(COC(=O)CCCCCCCC)OC(=O)CC/C=C\C/C=C\C/C=C\C/C=C\CC. The van der Waals surface area contributed by atoms with Crippen LogP contribution < -0.4 is 0 Å². The molecule has 1 atom stereocenters. The van der Waals surface area contributed by atoms with E-state index in [9.17, 15) is 14.4 Å². The highest BCUT2D eigenvalue weighted by molar-refractivity contribution is 5.72. The molecule has 0 bridgehead atoms. The lowest BCUT2D eigenvalue weighted by Crippen LogP contribution is -2.30. The molecule has 0 aromatic rings. The van der Waals surface area contributed by atoms with E-state index in [1.165, 1.54) is 19.3 Å². The number of carbonyl (C=O) groups is 3. The Labute approximate surface area is 317 Å². The number of unbranched alkanes of at least 4 members (excludes halogenated alkanes) is 5. The van der Waals surface area contributed by atoms with E-state index < -0.39 is 18.0 Å². The molecule has 0 N–H and O–H groups in total. The number of rotatable bonds is 33. The van der Waals surface area contributed by atoms with Gasteiger partial charge in [-0.1, -0.05) is 162 Å². The van der Waals surface area contributed by atoms with Crippen LogP contribution in [0.3, 0.4) is 0 Å². The van der Waals surface area contributed by atoms with E-state index >= 15 is 0 Å². The summed E-state index contributed by atoms with van der Waals surface area (Å²) in [6.45, 7) is 6.13. The van der Waals surface area contributed by atoms with Gasteiger partial charge in [-0.2, -0.15) is 0 Å². The van der Waals surface area contributed by atoms with Gasteiger partial charge in [-0.05, 0) is 70.6 Å². The van der Waals surface area contributed by atoms with Crippen LogP contribution in [-0.2, 0) is 28.6 Å². The summed E-state index contributed by atoms with van der Waals surface area (Å²) in [5.41, 5.74) is 0. The molecule has 6 nitrogen and oxygen atoms in total. The molecule has 0 radical (unpaired) electrons. The van der Waals surface area contributed by atoms with Gasteiger partial charge in [-0.3, -0.25) is 14.4 Å². The van der Waals surface area contributed by atoms with E-state index in [1.54, 1.807) is 6.08 Å². The second-order valence-electron chi connectivity index (χ2n) is 12.4. The largest absolute Gasteiger partial charge is 0.462 e. The van der Waals surface area contributed by atoms with Crippen LogP contribution in [0.4, 0.5) is 0 Å². The third-order valence-corrected chi connectivity index (χ3v) is 7.57. The predicted octanol–water partition coefficient (Wildman–Crippen LogP) is 12.5. The van der Waals surface area contributed by atoms with Crippen LogP contribution in [0.5, 0.6) is 0 Å². The smallest absolute Gasteiger partial charge is 0.309 e. The van der Waals surface area contributed by atoms with Gasteiger partial charge < -0.3 is 14.2 Å². The van der Waals surface area contributed by atoms with Crippen molar-refractivity contribution in [2.75, 3.05) is 13.2 Å². The fourth-order valence-corrected chi connectivity index (χ4v) is 4.64. The van der Waals surface area contributed by atoms with Crippen LogP contribution >= 0.6 is 0 Å². The van der Waals surface area contributed by atoms with Crippen molar-refractivity contribution in [3.05, 3.63) is 109 Å². The highest BCUT2D eigenvalue weighted by atomic mass is 16.6. The lowest BCUT2D eigenvalue weighted by Gasteiger charge is -2.18. The minimum atomic E-state index is -0.851. The predicted molar refractivity (Wildman–Crippen MR) is 219 cm³/mol. The first kappa shape index (κ1) is 48.1. The van der Waals surface area contributed by atoms with Crippen LogP contribution in [0.2, 0.25) is 0 Å². The molecular formula is C46H70O6. The molecule has 6 heteroatoms. The molecule has 0 aromatic heterocycles. The van der Waals surface area contributed by atoms with Gasteiger partial charge in [-0.15, -0.1) is 0 Å². The maximum atomic E-state index is 12.6. The Morgan fingerprint density at radius 3 is 1.31 bits per heavy atom. The van der Waals surface area contributed by atoms with Crippen LogP contribution in [0.15, 0.2) is 109 Å². The zero-order chi connectivity index (χ0) is 38.0. The van der Waals surface area contributed by atoms with Crippen LogP contribution in [0.1, 0.15) is 143 Å². The molecule has 0 saturated carbocycles. The molecule has 0 aliphatic heterocycles. The molecule has 0 spiro atoms. The Morgan fingerprint density at radius 2 is 0.827 bits per heavy atom. The molecule has 0 rings (SSSR count). The summed E-state index contributed by atoms with van der Waals surface area (Å²) in [6.07, 6.45) is 52.7. The van der Waals surface area contributed by atoms with Crippen LogP contribution in [0, 0.1) is 0 Å². The Morgan fingerprint density at radius 1 is 0.423 bits per heavy atom. The first-order valence-electron chi connectivity index (χ1n) is 19.9. The highest BCUT2D eigenvalue weighted by Gasteiger charge is 2.19. The maximum Gasteiger partial charge on any atom is 0.309 e. The van der Waals surface area contributed by atoms with Gasteiger partial charge in [0.2, 0.25) is 0 Å². The monoisotopic (exact) mass is 719 g/mol. The number of carbonyl (C=O) groups excluding carboxylic acids is 3. The number of hydrogen-bond acceptors (Lipinski definition) is 6. The van der Waals surface area contributed by atoms with Crippen molar-refractivity contribution in [1.82, 2.24) is 0 Å². The summed E-state index contributed by atoms with van der Waals surface area (Å²) in [7, 11) is 0. The van der Waals surface area contributed by atoms with Crippen molar-refractivity contribution in [1.29, 1.82) is 0 Å². The molecule has 290 valence electrons. The first-order valence-corrected chi connectivity index (χ1v) is 19.9. The lowest BCUT2D eigenvalue weighted by molar-refractivity contribution is -0.166. The Bertz CT molecular complexity index is 1150. The molecule has 0 saturated heterocycles. The van der Waals surface area contributed by atoms with Gasteiger partial charge in [0.15, 0.2) is 6.10 Å². The van der Waals surface area contributed by atoms with Crippen molar-refractivity contribution in [2.24, 2.45) is 0 Å². The van der Waals surface area contributed by atoms with Crippen molar-refractivity contribution in [3.8, 4) is 0 Å². The summed E-state index contributed by atoms with van der Waals surface area (Å²) in [5.74, 6) is -1.18. The summed E-state index contributed by atoms with van der Waals surface area (Å²) in [4.78, 5) is 37.3. The molecule has 0 heterocycles. The summed E-state index contributed by atoms with van der Waals surface area (Å²) < 4.78 is 16.4. The molecule has 0 aliphatic carbocycles. The average molecular weight is 719 g/mol. The minimum Gasteiger partial charge on any atom is -0.462 e. The van der Waals surface area contributed by atoms with Gasteiger partial charge >= 0.3 is 17.9 Å². The molecule has 0 aliphatic rings. The second kappa shape index (κ2) is 39.8. The molecule has 52 heavy (non-hydrogen) atoms. The zero-order valence-electron chi connectivity index (χ0n) is 32.8. The van der Waals surface area contributed by atoms with Crippen LogP contribution in [0.25, 0.3) is 0 Å². The fraction of sp³-hybridized carbons (Fsp3) is 0.543. The first-order chi connectivity index (χ1) is 25.5. The number of hydrogen-bond donors (Lipinski definition) is 0. The molecule has 1 unspecified atom stereocenters. The Hall–Kier alpha value is -3.93. The van der Waals surface area contributed by atoms with E-state index in [0.29, 0.717) is 12.8 Å². The summed E-state index contributed by atoms with van der Waals surface area (Å²) in [5, 5.41) is 0. The molecule has 0 fully saturated rings. The van der Waals surface area contributed by atoms with Gasteiger partial charge in [0.1, 0.15) is 13.2 Å². The zero-order valence-corrected chi connectivity index (χ0v) is 32.8. The Balaban J connectivity index is 4.60. The van der Waals surface area contributed by atoms with Crippen molar-refractivity contribution < 1.29 is 28.6 Å². The third-order valence-electron chi connectivity index (χ3n) is 7.57. The quantitative estimate of drug-likeness (QED) is 0.0291. The maximum absolute atomic E-state index is 12.6. The second-order valence-corrected chi connectivity index (χ2v) is 12.4. The summed E-state index contributed by atoms with van der Waals surface area (Å²) >= 11 is 0. The number of ether oxygens (including phenoxy) is 3. The van der Waals surface area contributed by atoms with Gasteiger partial charge in [0, 0.05) is 12.8 Å². The van der Waals surface area contributed by atoms with E-state index in [1.807, 2.05) is 18.2 Å². The summed E-state index contributed by atoms with van der Waals surface area (Å²) in [6, 6.07) is 0. The van der Waals surface area contributed by atoms with E-state index in [-0.39, 0.29) is 32.0 Å². The number of esters is 3. The number of allylic oxidation sites excluding steroid dienone is 17. The minimum absolute atomic E-state index is 0.109. The third kappa shape index (κ3) is 37.3. The van der Waals surface area contributed by atoms with Gasteiger partial charge in [0.05, 0.1) is 6.42 Å². The Kier molecular flexibility index (Phi) is 36.8. The van der Waals surface area contributed by atoms with Gasteiger partial charge in [0.25, 0.3) is 0 Å². The van der Waals surface area contributed by atoms with Crippen molar-refractivity contribution in [3.63, 3.8) is 0 Å². The van der Waals surface area contributed by atoms with Crippen molar-refractivity contribution >= 4 is 17.9 Å². The average Bonchev–Trinajstić information content (AvgIpc) is 3.14. The van der Waals surface area contributed by atoms with E-state index in [2.05, 4.69) is 106 Å². The highest BCUT2D eigenvalue weighted by Crippen LogP contribution is 2.09. The molecule has 0 aromatic carbocycles. The lowest BCUT2D eigenvalue weighted by atomic mass is 10.1. The van der Waals surface area contributed by atoms with E-state index in [4.69, 9.17) is 14.2 Å². The van der Waals surface area contributed by atoms with Crippen molar-refractivity contribution in [2.45, 2.75) is 149 Å². The molecular weight excluding hydrogens is 648 g/mol. The van der Waals surface area contributed by atoms with E-state index in [0.717, 1.165) is 77.0 Å². The molecule has 0 amide bonds. The normalized spacial score (nSPS) is 13.2.